The Balaban J connectivity index is 2.13. The fourth-order valence-electron chi connectivity index (χ4n) is 2.73. The average Bonchev–Trinajstić information content (AvgIpc) is 2.71. The minimum atomic E-state index is -1.75. The monoisotopic (exact) mass is 427 g/mol. The van der Waals surface area contributed by atoms with Gasteiger partial charge in [0.05, 0.1) is 25.1 Å². The van der Waals surface area contributed by atoms with Crippen LogP contribution in [0, 0.1) is 0 Å². The fraction of sp³-hybridized carbons (Fsp3) is 0.480. The van der Waals surface area contributed by atoms with Crippen molar-refractivity contribution < 1.29 is 13.9 Å². The number of ether oxygens (including phenoxy) is 2. The molecule has 0 atom stereocenters. The van der Waals surface area contributed by atoms with Gasteiger partial charge in [0.1, 0.15) is 0 Å². The minimum absolute atomic E-state index is 0.207. The van der Waals surface area contributed by atoms with E-state index in [9.17, 15) is 0 Å². The molecule has 0 aliphatic rings. The van der Waals surface area contributed by atoms with Crippen molar-refractivity contribution in [1.82, 2.24) is 4.98 Å². The second-order valence-corrected chi connectivity index (χ2v) is 13.9. The Bertz CT molecular complexity index is 856. The molecule has 0 saturated carbocycles. The van der Waals surface area contributed by atoms with Gasteiger partial charge >= 0.3 is 0 Å². The van der Waals surface area contributed by atoms with Gasteiger partial charge in [0, 0.05) is 12.2 Å². The first kappa shape index (κ1) is 24.2. The predicted octanol–water partition coefficient (Wildman–Crippen LogP) is 6.97. The molecule has 0 bridgehead atoms. The van der Waals surface area contributed by atoms with Crippen molar-refractivity contribution in [3.8, 4) is 22.8 Å². The van der Waals surface area contributed by atoms with Gasteiger partial charge in [0.2, 0.25) is 0 Å². The second-order valence-electron chi connectivity index (χ2n) is 9.08. The zero-order chi connectivity index (χ0) is 22.4. The van der Waals surface area contributed by atoms with Crippen LogP contribution in [0.3, 0.4) is 0 Å². The lowest BCUT2D eigenvalue weighted by atomic mass is 10.1. The van der Waals surface area contributed by atoms with E-state index in [0.717, 1.165) is 46.9 Å². The van der Waals surface area contributed by atoms with Crippen molar-refractivity contribution in [2.24, 2.45) is 0 Å². The van der Waals surface area contributed by atoms with Crippen LogP contribution in [0.5, 0.6) is 11.5 Å². The summed E-state index contributed by atoms with van der Waals surface area (Å²) in [6, 6.07) is 12.0. The highest BCUT2D eigenvalue weighted by Gasteiger charge is 2.36. The molecule has 1 heterocycles. The maximum Gasteiger partial charge on any atom is 0.191 e. The Morgan fingerprint density at radius 3 is 2.43 bits per heavy atom. The molecule has 4 nitrogen and oxygen atoms in total. The van der Waals surface area contributed by atoms with Gasteiger partial charge in [-0.15, -0.1) is 0 Å². The number of benzene rings is 1. The Labute approximate surface area is 183 Å². The maximum atomic E-state index is 6.30. The van der Waals surface area contributed by atoms with E-state index in [-0.39, 0.29) is 5.04 Å². The van der Waals surface area contributed by atoms with Crippen LogP contribution in [0.1, 0.15) is 46.2 Å². The highest BCUT2D eigenvalue weighted by Crippen LogP contribution is 2.37. The van der Waals surface area contributed by atoms with E-state index in [4.69, 9.17) is 18.9 Å². The van der Waals surface area contributed by atoms with Crippen LogP contribution in [-0.2, 0) is 4.43 Å². The van der Waals surface area contributed by atoms with Crippen LogP contribution in [0.4, 0.5) is 0 Å². The third-order valence-corrected chi connectivity index (χ3v) is 10.2. The van der Waals surface area contributed by atoms with E-state index in [2.05, 4.69) is 47.4 Å². The summed E-state index contributed by atoms with van der Waals surface area (Å²) in [4.78, 5) is 4.84. The lowest BCUT2D eigenvalue weighted by Gasteiger charge is -2.36. The number of hydrogen-bond donors (Lipinski definition) is 0. The molecule has 0 N–H and O–H groups in total. The van der Waals surface area contributed by atoms with Gasteiger partial charge in [-0.1, -0.05) is 40.3 Å². The van der Waals surface area contributed by atoms with Gasteiger partial charge in [-0.2, -0.15) is 0 Å². The Morgan fingerprint density at radius 2 is 1.80 bits per heavy atom. The van der Waals surface area contributed by atoms with Crippen LogP contribution in [0.15, 0.2) is 43.0 Å². The number of hydrogen-bond acceptors (Lipinski definition) is 4. The zero-order valence-electron chi connectivity index (χ0n) is 19.7. The van der Waals surface area contributed by atoms with E-state index in [1.807, 2.05) is 36.4 Å². The number of rotatable bonds is 10. The topological polar surface area (TPSA) is 40.6 Å². The van der Waals surface area contributed by atoms with Gasteiger partial charge in [-0.05, 0) is 66.9 Å². The largest absolute Gasteiger partial charge is 0.493 e. The van der Waals surface area contributed by atoms with Gasteiger partial charge in [-0.3, -0.25) is 0 Å². The molecule has 0 fully saturated rings. The quantitative estimate of drug-likeness (QED) is 0.384. The first-order valence-electron chi connectivity index (χ1n) is 10.7. The first-order valence-corrected chi connectivity index (χ1v) is 13.6. The van der Waals surface area contributed by atoms with E-state index in [1.165, 1.54) is 0 Å². The summed E-state index contributed by atoms with van der Waals surface area (Å²) >= 11 is 0. The number of pyridine rings is 1. The number of nitrogens with zero attached hydrogens (tertiary/aromatic N) is 1. The molecule has 0 unspecified atom stereocenters. The summed E-state index contributed by atoms with van der Waals surface area (Å²) in [5, 5.41) is 0.207. The van der Waals surface area contributed by atoms with Crippen molar-refractivity contribution in [3.63, 3.8) is 0 Å². The third kappa shape index (κ3) is 6.19. The molecule has 0 spiro atoms. The highest BCUT2D eigenvalue weighted by atomic mass is 28.4. The van der Waals surface area contributed by atoms with Crippen molar-refractivity contribution in [2.75, 3.05) is 20.3 Å². The van der Waals surface area contributed by atoms with Crippen LogP contribution in [0.25, 0.3) is 16.8 Å². The molecule has 5 heteroatoms. The second kappa shape index (κ2) is 10.3. The Kier molecular flexibility index (Phi) is 8.27. The van der Waals surface area contributed by atoms with E-state index >= 15 is 0 Å². The summed E-state index contributed by atoms with van der Waals surface area (Å²) in [7, 11) is -0.0948. The molecule has 2 aromatic rings. The molecule has 1 aromatic heterocycles. The SMILES string of the molecule is C=C(CCO[Si](C)(C)C(C)(C)C)c1cccc(-c2ccc(OC)c(OCCC)c2)n1. The van der Waals surface area contributed by atoms with Crippen molar-refractivity contribution in [3.05, 3.63) is 48.7 Å². The molecule has 2 rings (SSSR count). The van der Waals surface area contributed by atoms with Gasteiger partial charge in [0.15, 0.2) is 19.8 Å². The number of methoxy groups -OCH3 is 1. The van der Waals surface area contributed by atoms with Crippen molar-refractivity contribution in [2.45, 2.75) is 58.7 Å². The van der Waals surface area contributed by atoms with E-state index < -0.39 is 8.32 Å². The standard InChI is InChI=1S/C25H37NO3Si/c1-9-16-28-24-18-20(13-14-23(24)27-6)22-12-10-11-21(26-22)19(2)15-17-29-30(7,8)25(3,4)5/h10-14,18H,2,9,15-17H2,1,3-8H3. The predicted molar refractivity (Wildman–Crippen MR) is 129 cm³/mol. The van der Waals surface area contributed by atoms with Crippen LogP contribution < -0.4 is 9.47 Å². The highest BCUT2D eigenvalue weighted by molar-refractivity contribution is 6.74. The molecule has 30 heavy (non-hydrogen) atoms. The van der Waals surface area contributed by atoms with Crippen molar-refractivity contribution >= 4 is 13.9 Å². The molecule has 0 radical (unpaired) electrons. The molecular formula is C25H37NO3Si. The lowest BCUT2D eigenvalue weighted by molar-refractivity contribution is 0.294. The lowest BCUT2D eigenvalue weighted by Crippen LogP contribution is -2.40. The summed E-state index contributed by atoms with van der Waals surface area (Å²) in [6.07, 6.45) is 1.72. The molecule has 164 valence electrons. The molecular weight excluding hydrogens is 390 g/mol. The van der Waals surface area contributed by atoms with Crippen LogP contribution >= 0.6 is 0 Å². The first-order chi connectivity index (χ1) is 14.1. The van der Waals surface area contributed by atoms with E-state index in [0.29, 0.717) is 13.2 Å². The fourth-order valence-corrected chi connectivity index (χ4v) is 3.77. The zero-order valence-corrected chi connectivity index (χ0v) is 20.7. The van der Waals surface area contributed by atoms with Crippen LogP contribution in [0.2, 0.25) is 18.1 Å². The third-order valence-electron chi connectivity index (χ3n) is 5.71. The van der Waals surface area contributed by atoms with Gasteiger partial charge < -0.3 is 13.9 Å². The summed E-state index contributed by atoms with van der Waals surface area (Å²) in [6.45, 7) is 19.0. The summed E-state index contributed by atoms with van der Waals surface area (Å²) in [5.74, 6) is 1.47. The van der Waals surface area contributed by atoms with Crippen molar-refractivity contribution in [1.29, 1.82) is 0 Å². The molecule has 0 saturated heterocycles. The average molecular weight is 428 g/mol. The summed E-state index contributed by atoms with van der Waals surface area (Å²) < 4.78 is 17.6. The minimum Gasteiger partial charge on any atom is -0.493 e. The van der Waals surface area contributed by atoms with Crippen LogP contribution in [-0.4, -0.2) is 33.6 Å². The normalized spacial score (nSPS) is 12.0. The number of aromatic nitrogens is 1. The molecule has 0 aliphatic carbocycles. The maximum absolute atomic E-state index is 6.30. The smallest absolute Gasteiger partial charge is 0.191 e. The Hall–Kier alpha value is -2.11. The molecule has 1 aromatic carbocycles. The van der Waals surface area contributed by atoms with Gasteiger partial charge in [-0.25, -0.2) is 4.98 Å². The van der Waals surface area contributed by atoms with E-state index in [1.54, 1.807) is 7.11 Å². The van der Waals surface area contributed by atoms with Gasteiger partial charge in [0.25, 0.3) is 0 Å². The summed E-state index contributed by atoms with van der Waals surface area (Å²) in [5.41, 5.74) is 3.78. The molecule has 0 amide bonds. The Morgan fingerprint density at radius 1 is 1.07 bits per heavy atom. The molecule has 0 aliphatic heterocycles.